The van der Waals surface area contributed by atoms with Crippen molar-refractivity contribution in [2.75, 3.05) is 6.61 Å². The van der Waals surface area contributed by atoms with Gasteiger partial charge in [0, 0.05) is 30.7 Å². The fourth-order valence-electron chi connectivity index (χ4n) is 3.08. The third-order valence-corrected chi connectivity index (χ3v) is 4.37. The molecule has 2 unspecified atom stereocenters. The number of aromatic amines is 1. The number of aliphatic hydroxyl groups is 1. The number of carbonyl (C=O) groups excluding carboxylic acids is 1. The minimum Gasteiger partial charge on any atom is -0.396 e. The van der Waals surface area contributed by atoms with Gasteiger partial charge >= 0.3 is 0 Å². The summed E-state index contributed by atoms with van der Waals surface area (Å²) >= 11 is 0. The van der Waals surface area contributed by atoms with Crippen LogP contribution < -0.4 is 5.32 Å². The fraction of sp³-hybridized carbons (Fsp3) is 0.733. The first-order valence-corrected chi connectivity index (χ1v) is 7.52. The molecule has 0 saturated heterocycles. The van der Waals surface area contributed by atoms with Crippen LogP contribution in [0.3, 0.4) is 0 Å². The highest BCUT2D eigenvalue weighted by atomic mass is 16.3. The van der Waals surface area contributed by atoms with E-state index in [0.29, 0.717) is 6.42 Å². The van der Waals surface area contributed by atoms with Gasteiger partial charge in [0.1, 0.15) is 0 Å². The third kappa shape index (κ3) is 3.60. The normalized spacial score (nSPS) is 22.8. The standard InChI is InChI=1S/C15H25N3O2/c1-10-13(11(2)18-17-10)7-8-15(20)16-14-6-4-3-5-12(14)9-19/h12,14,19H,3-9H2,1-2H3,(H,16,20)(H,17,18). The molecule has 2 atom stereocenters. The van der Waals surface area contributed by atoms with Gasteiger partial charge in [-0.05, 0) is 38.7 Å². The lowest BCUT2D eigenvalue weighted by Crippen LogP contribution is -2.43. The number of aryl methyl sites for hydroxylation is 2. The van der Waals surface area contributed by atoms with Crippen LogP contribution in [-0.4, -0.2) is 33.9 Å². The Kier molecular flexibility index (Phi) is 5.17. The third-order valence-electron chi connectivity index (χ3n) is 4.37. The minimum atomic E-state index is 0.0790. The van der Waals surface area contributed by atoms with Gasteiger partial charge in [-0.2, -0.15) is 5.10 Å². The van der Waals surface area contributed by atoms with E-state index in [0.717, 1.165) is 49.1 Å². The van der Waals surface area contributed by atoms with Crippen molar-refractivity contribution in [1.29, 1.82) is 0 Å². The molecular weight excluding hydrogens is 254 g/mol. The van der Waals surface area contributed by atoms with Gasteiger partial charge in [-0.1, -0.05) is 12.8 Å². The predicted molar refractivity (Wildman–Crippen MR) is 77.4 cm³/mol. The maximum absolute atomic E-state index is 12.1. The second-order valence-corrected chi connectivity index (χ2v) is 5.81. The molecule has 1 aromatic rings. The molecule has 1 aliphatic carbocycles. The number of hydrogen-bond acceptors (Lipinski definition) is 3. The van der Waals surface area contributed by atoms with Gasteiger partial charge < -0.3 is 10.4 Å². The van der Waals surface area contributed by atoms with E-state index >= 15 is 0 Å². The summed E-state index contributed by atoms with van der Waals surface area (Å²) in [7, 11) is 0. The number of amides is 1. The quantitative estimate of drug-likeness (QED) is 0.766. The fourth-order valence-corrected chi connectivity index (χ4v) is 3.08. The van der Waals surface area contributed by atoms with Crippen LogP contribution in [0, 0.1) is 19.8 Å². The second-order valence-electron chi connectivity index (χ2n) is 5.81. The minimum absolute atomic E-state index is 0.0790. The summed E-state index contributed by atoms with van der Waals surface area (Å²) in [6.45, 7) is 4.11. The predicted octanol–water partition coefficient (Wildman–Crippen LogP) is 1.63. The summed E-state index contributed by atoms with van der Waals surface area (Å²) in [4.78, 5) is 12.1. The number of aliphatic hydroxyl groups excluding tert-OH is 1. The summed E-state index contributed by atoms with van der Waals surface area (Å²) in [6.07, 6.45) is 5.50. The van der Waals surface area contributed by atoms with E-state index in [4.69, 9.17) is 0 Å². The van der Waals surface area contributed by atoms with E-state index in [1.165, 1.54) is 0 Å². The highest BCUT2D eigenvalue weighted by Crippen LogP contribution is 2.24. The summed E-state index contributed by atoms with van der Waals surface area (Å²) in [6, 6.07) is 0.146. The van der Waals surface area contributed by atoms with Crippen LogP contribution in [0.2, 0.25) is 0 Å². The van der Waals surface area contributed by atoms with Crippen LogP contribution in [-0.2, 0) is 11.2 Å². The first-order chi connectivity index (χ1) is 9.61. The number of aromatic nitrogens is 2. The van der Waals surface area contributed by atoms with Crippen molar-refractivity contribution < 1.29 is 9.90 Å². The Morgan fingerprint density at radius 1 is 1.40 bits per heavy atom. The number of hydrogen-bond donors (Lipinski definition) is 3. The second kappa shape index (κ2) is 6.88. The largest absolute Gasteiger partial charge is 0.396 e. The number of nitrogens with zero attached hydrogens (tertiary/aromatic N) is 1. The Labute approximate surface area is 120 Å². The zero-order valence-electron chi connectivity index (χ0n) is 12.4. The van der Waals surface area contributed by atoms with E-state index in [2.05, 4.69) is 15.5 Å². The molecule has 1 fully saturated rings. The molecule has 0 bridgehead atoms. The van der Waals surface area contributed by atoms with Gasteiger partial charge in [0.2, 0.25) is 5.91 Å². The van der Waals surface area contributed by atoms with Crippen molar-refractivity contribution >= 4 is 5.91 Å². The monoisotopic (exact) mass is 279 g/mol. The molecule has 0 aliphatic heterocycles. The molecule has 1 amide bonds. The van der Waals surface area contributed by atoms with Crippen LogP contribution in [0.25, 0.3) is 0 Å². The zero-order valence-corrected chi connectivity index (χ0v) is 12.4. The Bertz CT molecular complexity index is 436. The van der Waals surface area contributed by atoms with Gasteiger partial charge in [0.15, 0.2) is 0 Å². The van der Waals surface area contributed by atoms with Gasteiger partial charge in [-0.15, -0.1) is 0 Å². The van der Waals surface area contributed by atoms with Crippen molar-refractivity contribution in [3.63, 3.8) is 0 Å². The first kappa shape index (κ1) is 15.0. The topological polar surface area (TPSA) is 78.0 Å². The molecule has 0 aromatic carbocycles. The van der Waals surface area contributed by atoms with Crippen molar-refractivity contribution in [2.45, 2.75) is 58.4 Å². The lowest BCUT2D eigenvalue weighted by atomic mass is 9.85. The van der Waals surface area contributed by atoms with Crippen LogP contribution in [0.1, 0.15) is 49.1 Å². The molecule has 20 heavy (non-hydrogen) atoms. The zero-order chi connectivity index (χ0) is 14.5. The molecule has 5 heteroatoms. The first-order valence-electron chi connectivity index (χ1n) is 7.52. The van der Waals surface area contributed by atoms with E-state index < -0.39 is 0 Å². The smallest absolute Gasteiger partial charge is 0.220 e. The van der Waals surface area contributed by atoms with E-state index in [1.807, 2.05) is 13.8 Å². The average molecular weight is 279 g/mol. The van der Waals surface area contributed by atoms with Crippen molar-refractivity contribution in [3.05, 3.63) is 17.0 Å². The van der Waals surface area contributed by atoms with Gasteiger partial charge in [-0.25, -0.2) is 0 Å². The molecule has 1 aliphatic rings. The van der Waals surface area contributed by atoms with Crippen LogP contribution in [0.5, 0.6) is 0 Å². The number of rotatable bonds is 5. The maximum atomic E-state index is 12.1. The molecule has 112 valence electrons. The molecule has 1 heterocycles. The SMILES string of the molecule is Cc1n[nH]c(C)c1CCC(=O)NC1CCCCC1CO. The average Bonchev–Trinajstić information content (AvgIpc) is 2.76. The van der Waals surface area contributed by atoms with E-state index in [1.54, 1.807) is 0 Å². The Balaban J connectivity index is 1.83. The maximum Gasteiger partial charge on any atom is 0.220 e. The Hall–Kier alpha value is -1.36. The molecule has 1 aromatic heterocycles. The van der Waals surface area contributed by atoms with E-state index in [9.17, 15) is 9.90 Å². The molecule has 2 rings (SSSR count). The summed E-state index contributed by atoms with van der Waals surface area (Å²) in [5.41, 5.74) is 3.16. The Morgan fingerprint density at radius 3 is 2.80 bits per heavy atom. The highest BCUT2D eigenvalue weighted by Gasteiger charge is 2.25. The molecule has 3 N–H and O–H groups in total. The number of nitrogens with one attached hydrogen (secondary N) is 2. The van der Waals surface area contributed by atoms with Gasteiger partial charge in [0.05, 0.1) is 5.69 Å². The lowest BCUT2D eigenvalue weighted by Gasteiger charge is -2.30. The molecule has 0 radical (unpaired) electrons. The van der Waals surface area contributed by atoms with Crippen molar-refractivity contribution in [1.82, 2.24) is 15.5 Å². The van der Waals surface area contributed by atoms with Crippen molar-refractivity contribution in [3.8, 4) is 0 Å². The highest BCUT2D eigenvalue weighted by molar-refractivity contribution is 5.76. The summed E-state index contributed by atoms with van der Waals surface area (Å²) < 4.78 is 0. The molecule has 1 saturated carbocycles. The molecule has 5 nitrogen and oxygen atoms in total. The summed E-state index contributed by atoms with van der Waals surface area (Å²) in [5, 5.41) is 19.5. The number of H-pyrrole nitrogens is 1. The Morgan fingerprint density at radius 2 is 2.15 bits per heavy atom. The van der Waals surface area contributed by atoms with Crippen LogP contribution in [0.4, 0.5) is 0 Å². The van der Waals surface area contributed by atoms with Crippen molar-refractivity contribution in [2.24, 2.45) is 5.92 Å². The van der Waals surface area contributed by atoms with Gasteiger partial charge in [-0.3, -0.25) is 9.89 Å². The van der Waals surface area contributed by atoms with Crippen LogP contribution >= 0.6 is 0 Å². The lowest BCUT2D eigenvalue weighted by molar-refractivity contribution is -0.122. The van der Waals surface area contributed by atoms with Crippen LogP contribution in [0.15, 0.2) is 0 Å². The number of carbonyl (C=O) groups is 1. The van der Waals surface area contributed by atoms with E-state index in [-0.39, 0.29) is 24.5 Å². The van der Waals surface area contributed by atoms with Gasteiger partial charge in [0.25, 0.3) is 0 Å². The molecular formula is C15H25N3O2. The summed E-state index contributed by atoms with van der Waals surface area (Å²) in [5.74, 6) is 0.306. The molecule has 0 spiro atoms.